The van der Waals surface area contributed by atoms with Crippen molar-refractivity contribution in [1.82, 2.24) is 14.8 Å². The molecule has 10 heteroatoms. The molecule has 1 N–H and O–H groups in total. The highest BCUT2D eigenvalue weighted by atomic mass is 32.2. The Morgan fingerprint density at radius 3 is 2.56 bits per heavy atom. The Labute approximate surface area is 229 Å². The quantitative estimate of drug-likeness (QED) is 0.432. The molecule has 0 radical (unpaired) electrons. The summed E-state index contributed by atoms with van der Waals surface area (Å²) in [5.74, 6) is 2.42. The average molecular weight is 556 g/mol. The molecule has 1 fully saturated rings. The van der Waals surface area contributed by atoms with Gasteiger partial charge in [-0.2, -0.15) is 0 Å². The molecule has 1 amide bonds. The van der Waals surface area contributed by atoms with Crippen molar-refractivity contribution in [2.75, 3.05) is 58.5 Å². The number of H-pyrrole nitrogens is 1. The predicted octanol–water partition coefficient (Wildman–Crippen LogP) is 3.37. The molecule has 0 bridgehead atoms. The van der Waals surface area contributed by atoms with E-state index in [1.54, 1.807) is 14.2 Å². The first-order chi connectivity index (χ1) is 18.8. The summed E-state index contributed by atoms with van der Waals surface area (Å²) in [5.41, 5.74) is 4.46. The van der Waals surface area contributed by atoms with Gasteiger partial charge in [0, 0.05) is 36.7 Å². The number of benzene rings is 2. The minimum absolute atomic E-state index is 0.0271. The van der Waals surface area contributed by atoms with Crippen LogP contribution in [-0.2, 0) is 27.5 Å². The highest BCUT2D eigenvalue weighted by molar-refractivity contribution is 7.91. The summed E-state index contributed by atoms with van der Waals surface area (Å²) in [6, 6.07) is 9.93. The standard InChI is InChI=1S/C29H37N3O6S/c1-4-38-28-17-24-20(15-27(28)37-3)9-10-32(29(33)19-31-11-13-39(34,35)14-12-31)26(24)8-5-21-18-30-25-7-6-22(36-2)16-23(21)25/h6-7,15-18,26,30H,4-5,8-14,19H2,1-3H3. The first kappa shape index (κ1) is 27.3. The van der Waals surface area contributed by atoms with Crippen LogP contribution in [0.25, 0.3) is 10.9 Å². The molecule has 39 heavy (non-hydrogen) atoms. The molecule has 0 aliphatic carbocycles. The number of methoxy groups -OCH3 is 2. The van der Waals surface area contributed by atoms with Gasteiger partial charge < -0.3 is 24.1 Å². The number of hydrogen-bond acceptors (Lipinski definition) is 7. The second kappa shape index (κ2) is 11.5. The van der Waals surface area contributed by atoms with E-state index in [1.807, 2.05) is 53.3 Å². The van der Waals surface area contributed by atoms with E-state index < -0.39 is 9.84 Å². The average Bonchev–Trinajstić information content (AvgIpc) is 3.34. The number of rotatable bonds is 9. The van der Waals surface area contributed by atoms with E-state index >= 15 is 0 Å². The maximum atomic E-state index is 13.7. The molecular formula is C29H37N3O6S. The van der Waals surface area contributed by atoms with E-state index in [9.17, 15) is 13.2 Å². The van der Waals surface area contributed by atoms with E-state index in [1.165, 1.54) is 5.56 Å². The van der Waals surface area contributed by atoms with Crippen LogP contribution in [0.2, 0.25) is 0 Å². The second-order valence-electron chi connectivity index (χ2n) is 10.2. The maximum absolute atomic E-state index is 13.7. The van der Waals surface area contributed by atoms with Crippen molar-refractivity contribution in [3.05, 3.63) is 53.2 Å². The normalized spacial score (nSPS) is 19.1. The molecule has 2 aliphatic rings. The number of carbonyl (C=O) groups excluding carboxylic acids is 1. The third kappa shape index (κ3) is 5.86. The van der Waals surface area contributed by atoms with Crippen LogP contribution < -0.4 is 14.2 Å². The zero-order chi connectivity index (χ0) is 27.6. The lowest BCUT2D eigenvalue weighted by Gasteiger charge is -2.39. The summed E-state index contributed by atoms with van der Waals surface area (Å²) in [4.78, 5) is 21.0. The van der Waals surface area contributed by atoms with E-state index in [2.05, 4.69) is 4.98 Å². The molecule has 2 aliphatic heterocycles. The van der Waals surface area contributed by atoms with Gasteiger partial charge in [-0.3, -0.25) is 9.69 Å². The number of aryl methyl sites for hydroxylation is 1. The minimum Gasteiger partial charge on any atom is -0.497 e. The van der Waals surface area contributed by atoms with Crippen molar-refractivity contribution in [3.63, 3.8) is 0 Å². The molecular weight excluding hydrogens is 518 g/mol. The predicted molar refractivity (Wildman–Crippen MR) is 151 cm³/mol. The van der Waals surface area contributed by atoms with E-state index in [0.717, 1.165) is 47.0 Å². The van der Waals surface area contributed by atoms with Crippen LogP contribution in [0.5, 0.6) is 17.2 Å². The third-order valence-corrected chi connectivity index (χ3v) is 9.47. The number of ether oxygens (including phenoxy) is 3. The van der Waals surface area contributed by atoms with Crippen LogP contribution in [0.1, 0.15) is 36.1 Å². The lowest BCUT2D eigenvalue weighted by molar-refractivity contribution is -0.135. The fourth-order valence-corrected chi connectivity index (χ4v) is 7.00. The Morgan fingerprint density at radius 2 is 1.85 bits per heavy atom. The molecule has 3 heterocycles. The molecule has 210 valence electrons. The van der Waals surface area contributed by atoms with Crippen LogP contribution in [0.3, 0.4) is 0 Å². The molecule has 5 rings (SSSR count). The summed E-state index contributed by atoms with van der Waals surface area (Å²) in [6.45, 7) is 4.06. The first-order valence-electron chi connectivity index (χ1n) is 13.5. The van der Waals surface area contributed by atoms with Gasteiger partial charge in [-0.05, 0) is 73.2 Å². The molecule has 0 spiro atoms. The summed E-state index contributed by atoms with van der Waals surface area (Å²) in [5, 5.41) is 1.11. The van der Waals surface area contributed by atoms with Crippen LogP contribution in [0.15, 0.2) is 36.5 Å². The Balaban J connectivity index is 1.44. The van der Waals surface area contributed by atoms with Crippen molar-refractivity contribution >= 4 is 26.6 Å². The number of nitrogens with zero attached hydrogens (tertiary/aromatic N) is 2. The number of aromatic amines is 1. The highest BCUT2D eigenvalue weighted by Gasteiger charge is 2.33. The molecule has 0 saturated carbocycles. The van der Waals surface area contributed by atoms with Gasteiger partial charge in [0.2, 0.25) is 5.91 Å². The maximum Gasteiger partial charge on any atom is 0.237 e. The van der Waals surface area contributed by atoms with Crippen molar-refractivity contribution in [2.45, 2.75) is 32.2 Å². The zero-order valence-electron chi connectivity index (χ0n) is 22.9. The van der Waals surface area contributed by atoms with E-state index in [0.29, 0.717) is 37.7 Å². The number of fused-ring (bicyclic) bond motifs is 2. The van der Waals surface area contributed by atoms with Crippen molar-refractivity contribution in [3.8, 4) is 17.2 Å². The van der Waals surface area contributed by atoms with Crippen LogP contribution >= 0.6 is 0 Å². The third-order valence-electron chi connectivity index (χ3n) is 7.86. The Kier molecular flexibility index (Phi) is 8.04. The van der Waals surface area contributed by atoms with Gasteiger partial charge in [0.05, 0.1) is 44.9 Å². The minimum atomic E-state index is -3.01. The van der Waals surface area contributed by atoms with Crippen molar-refractivity contribution < 1.29 is 27.4 Å². The highest BCUT2D eigenvalue weighted by Crippen LogP contribution is 2.40. The summed E-state index contributed by atoms with van der Waals surface area (Å²) in [7, 11) is 0.303. The summed E-state index contributed by atoms with van der Waals surface area (Å²) >= 11 is 0. The summed E-state index contributed by atoms with van der Waals surface area (Å²) in [6.07, 6.45) is 4.25. The van der Waals surface area contributed by atoms with Gasteiger partial charge in [-0.1, -0.05) is 0 Å². The molecule has 1 unspecified atom stereocenters. The van der Waals surface area contributed by atoms with E-state index in [-0.39, 0.29) is 30.0 Å². The smallest absolute Gasteiger partial charge is 0.237 e. The van der Waals surface area contributed by atoms with Gasteiger partial charge in [-0.15, -0.1) is 0 Å². The monoisotopic (exact) mass is 555 g/mol. The molecule has 1 atom stereocenters. The lowest BCUT2D eigenvalue weighted by atomic mass is 9.88. The lowest BCUT2D eigenvalue weighted by Crippen LogP contribution is -2.49. The Bertz CT molecular complexity index is 1440. The second-order valence-corrected chi connectivity index (χ2v) is 12.5. The van der Waals surface area contributed by atoms with Gasteiger partial charge in [0.25, 0.3) is 0 Å². The zero-order valence-corrected chi connectivity index (χ0v) is 23.7. The van der Waals surface area contributed by atoms with Gasteiger partial charge in [0.15, 0.2) is 21.3 Å². The summed E-state index contributed by atoms with van der Waals surface area (Å²) < 4.78 is 40.7. The molecule has 9 nitrogen and oxygen atoms in total. The SMILES string of the molecule is CCOc1cc2c(cc1OC)CCN(C(=O)CN1CCS(=O)(=O)CC1)C2CCc1c[nH]c2ccc(OC)cc12. The molecule has 2 aromatic carbocycles. The number of carbonyl (C=O) groups is 1. The number of sulfone groups is 1. The molecule has 3 aromatic rings. The van der Waals surface area contributed by atoms with Crippen LogP contribution in [0.4, 0.5) is 0 Å². The Morgan fingerprint density at radius 1 is 1.05 bits per heavy atom. The number of aromatic nitrogens is 1. The molecule has 1 saturated heterocycles. The van der Waals surface area contributed by atoms with Crippen LogP contribution in [0, 0.1) is 0 Å². The number of hydrogen-bond donors (Lipinski definition) is 1. The number of nitrogens with one attached hydrogen (secondary N) is 1. The van der Waals surface area contributed by atoms with Gasteiger partial charge >= 0.3 is 0 Å². The topological polar surface area (TPSA) is 101 Å². The Hall–Kier alpha value is -3.24. The van der Waals surface area contributed by atoms with Crippen LogP contribution in [-0.4, -0.2) is 87.6 Å². The number of amides is 1. The largest absolute Gasteiger partial charge is 0.497 e. The fourth-order valence-electron chi connectivity index (χ4n) is 5.72. The van der Waals surface area contributed by atoms with Gasteiger partial charge in [-0.25, -0.2) is 8.42 Å². The first-order valence-corrected chi connectivity index (χ1v) is 15.3. The van der Waals surface area contributed by atoms with Gasteiger partial charge in [0.1, 0.15) is 5.75 Å². The fraction of sp³-hybridized carbons (Fsp3) is 0.483. The molecule has 1 aromatic heterocycles. The van der Waals surface area contributed by atoms with Crippen molar-refractivity contribution in [2.24, 2.45) is 0 Å². The van der Waals surface area contributed by atoms with Crippen molar-refractivity contribution in [1.29, 1.82) is 0 Å². The van der Waals surface area contributed by atoms with E-state index in [4.69, 9.17) is 14.2 Å².